The maximum atomic E-state index is 12.4. The molecule has 0 unspecified atom stereocenters. The maximum Gasteiger partial charge on any atom is 0.358 e. The summed E-state index contributed by atoms with van der Waals surface area (Å²) in [6.45, 7) is 4.65. The number of methoxy groups -OCH3 is 1. The van der Waals surface area contributed by atoms with E-state index in [1.54, 1.807) is 25.4 Å². The number of carbonyl (C=O) groups excluding carboxylic acids is 1. The summed E-state index contributed by atoms with van der Waals surface area (Å²) < 4.78 is 11.5. The van der Waals surface area contributed by atoms with Gasteiger partial charge < -0.3 is 19.7 Å². The molecule has 0 fully saturated rings. The van der Waals surface area contributed by atoms with Crippen LogP contribution in [0.1, 0.15) is 34.3 Å². The third-order valence-electron chi connectivity index (χ3n) is 5.03. The molecule has 0 radical (unpaired) electrons. The van der Waals surface area contributed by atoms with Gasteiger partial charge in [0.15, 0.2) is 27.6 Å². The summed E-state index contributed by atoms with van der Waals surface area (Å²) in [5.74, 6) is 0.853. The minimum absolute atomic E-state index is 0.298. The van der Waals surface area contributed by atoms with Crippen LogP contribution in [-0.2, 0) is 15.9 Å². The van der Waals surface area contributed by atoms with Crippen LogP contribution in [0.25, 0.3) is 10.2 Å². The van der Waals surface area contributed by atoms with Crippen molar-refractivity contribution in [3.63, 3.8) is 0 Å². The van der Waals surface area contributed by atoms with E-state index in [9.17, 15) is 4.79 Å². The normalized spacial score (nSPS) is 11.1. The monoisotopic (exact) mass is 498 g/mol. The molecule has 0 aliphatic carbocycles. The van der Waals surface area contributed by atoms with Gasteiger partial charge in [-0.1, -0.05) is 23.5 Å². The molecule has 0 aliphatic heterocycles. The van der Waals surface area contributed by atoms with Crippen molar-refractivity contribution >= 4 is 60.8 Å². The zero-order chi connectivity index (χ0) is 24.1. The molecule has 1 N–H and O–H groups in total. The second-order valence-electron chi connectivity index (χ2n) is 7.49. The van der Waals surface area contributed by atoms with Crippen LogP contribution in [0.15, 0.2) is 30.3 Å². The SMILES string of the molecule is CCOC(=O)c1nc(N(C)c2cc(C)c(Nc3nc4ccccc4s3)nn2)sc1CCCOC. The van der Waals surface area contributed by atoms with Gasteiger partial charge in [-0.15, -0.1) is 21.5 Å². The maximum absolute atomic E-state index is 12.4. The molecule has 3 aromatic heterocycles. The molecule has 4 aromatic rings. The van der Waals surface area contributed by atoms with Crippen molar-refractivity contribution < 1.29 is 14.3 Å². The van der Waals surface area contributed by atoms with Gasteiger partial charge in [-0.25, -0.2) is 14.8 Å². The zero-order valence-electron chi connectivity index (χ0n) is 19.5. The number of nitrogens with zero attached hydrogens (tertiary/aromatic N) is 5. The summed E-state index contributed by atoms with van der Waals surface area (Å²) in [6.07, 6.45) is 1.47. The van der Waals surface area contributed by atoms with Crippen molar-refractivity contribution in [2.45, 2.75) is 26.7 Å². The lowest BCUT2D eigenvalue weighted by Crippen LogP contribution is -2.14. The second-order valence-corrected chi connectivity index (χ2v) is 9.58. The number of aryl methyl sites for hydroxylation is 2. The number of ether oxygens (including phenoxy) is 2. The highest BCUT2D eigenvalue weighted by Gasteiger charge is 2.22. The second kappa shape index (κ2) is 10.9. The standard InChI is InChI=1S/C23H26N6O3S2/c1-5-32-21(30)19-17(11-8-12-31-4)34-23(25-19)29(3)18-13-14(2)20(28-27-18)26-22-24-15-9-6-7-10-16(15)33-22/h6-7,9-10,13H,5,8,11-12H2,1-4H3,(H,24,26,28). The van der Waals surface area contributed by atoms with Crippen LogP contribution >= 0.6 is 22.7 Å². The van der Waals surface area contributed by atoms with Crippen molar-refractivity contribution in [3.8, 4) is 0 Å². The summed E-state index contributed by atoms with van der Waals surface area (Å²) >= 11 is 3.01. The molecule has 11 heteroatoms. The highest BCUT2D eigenvalue weighted by Crippen LogP contribution is 2.33. The Morgan fingerprint density at radius 1 is 1.18 bits per heavy atom. The van der Waals surface area contributed by atoms with E-state index < -0.39 is 5.97 Å². The predicted octanol–water partition coefficient (Wildman–Crippen LogP) is 5.12. The van der Waals surface area contributed by atoms with E-state index in [2.05, 4.69) is 25.5 Å². The quantitative estimate of drug-likeness (QED) is 0.236. The fourth-order valence-electron chi connectivity index (χ4n) is 3.27. The van der Waals surface area contributed by atoms with E-state index in [0.29, 0.717) is 42.1 Å². The van der Waals surface area contributed by atoms with Crippen LogP contribution in [0.2, 0.25) is 0 Å². The Hall–Kier alpha value is -3.15. The summed E-state index contributed by atoms with van der Waals surface area (Å²) in [5.41, 5.74) is 2.21. The van der Waals surface area contributed by atoms with Crippen LogP contribution in [-0.4, -0.2) is 53.5 Å². The van der Waals surface area contributed by atoms with Crippen LogP contribution in [0, 0.1) is 6.92 Å². The average molecular weight is 499 g/mol. The summed E-state index contributed by atoms with van der Waals surface area (Å²) in [4.78, 5) is 24.3. The van der Waals surface area contributed by atoms with Gasteiger partial charge >= 0.3 is 5.97 Å². The van der Waals surface area contributed by atoms with E-state index in [1.165, 1.54) is 11.3 Å². The Morgan fingerprint density at radius 2 is 2.00 bits per heavy atom. The number of benzene rings is 1. The molecule has 0 spiro atoms. The van der Waals surface area contributed by atoms with Crippen molar-refractivity contribution in [2.24, 2.45) is 0 Å². The Bertz CT molecular complexity index is 1260. The molecule has 34 heavy (non-hydrogen) atoms. The van der Waals surface area contributed by atoms with Crippen molar-refractivity contribution in [2.75, 3.05) is 37.6 Å². The van der Waals surface area contributed by atoms with Crippen LogP contribution in [0.5, 0.6) is 0 Å². The molecule has 0 atom stereocenters. The van der Waals surface area contributed by atoms with Crippen LogP contribution in [0.4, 0.5) is 21.9 Å². The Labute approximate surface area is 205 Å². The van der Waals surface area contributed by atoms with E-state index >= 15 is 0 Å². The molecular formula is C23H26N6O3S2. The number of fused-ring (bicyclic) bond motifs is 1. The van der Waals surface area contributed by atoms with Crippen LogP contribution < -0.4 is 10.2 Å². The molecular weight excluding hydrogens is 472 g/mol. The summed E-state index contributed by atoms with van der Waals surface area (Å²) in [5, 5.41) is 13.4. The topological polar surface area (TPSA) is 102 Å². The van der Waals surface area contributed by atoms with E-state index in [0.717, 1.165) is 32.2 Å². The molecule has 0 bridgehead atoms. The fraction of sp³-hybridized carbons (Fsp3) is 0.348. The number of aromatic nitrogens is 4. The number of para-hydroxylation sites is 1. The number of carbonyl (C=O) groups is 1. The molecule has 0 saturated carbocycles. The number of hydrogen-bond donors (Lipinski definition) is 1. The Morgan fingerprint density at radius 3 is 2.74 bits per heavy atom. The zero-order valence-corrected chi connectivity index (χ0v) is 21.1. The van der Waals surface area contributed by atoms with Crippen molar-refractivity contribution in [1.82, 2.24) is 20.2 Å². The van der Waals surface area contributed by atoms with Crippen LogP contribution in [0.3, 0.4) is 0 Å². The molecule has 0 saturated heterocycles. The minimum atomic E-state index is -0.413. The number of nitrogens with one attached hydrogen (secondary N) is 1. The van der Waals surface area contributed by atoms with Gasteiger partial charge in [0.25, 0.3) is 0 Å². The summed E-state index contributed by atoms with van der Waals surface area (Å²) in [7, 11) is 3.52. The molecule has 9 nitrogen and oxygen atoms in total. The predicted molar refractivity (Wildman–Crippen MR) is 136 cm³/mol. The fourth-order valence-corrected chi connectivity index (χ4v) is 5.20. The number of thiazole rings is 2. The molecule has 1 aromatic carbocycles. The number of rotatable bonds is 10. The lowest BCUT2D eigenvalue weighted by Gasteiger charge is -2.15. The van der Waals surface area contributed by atoms with E-state index in [1.807, 2.05) is 49.2 Å². The lowest BCUT2D eigenvalue weighted by atomic mass is 10.2. The number of esters is 1. The highest BCUT2D eigenvalue weighted by atomic mass is 32.1. The third kappa shape index (κ3) is 5.32. The van der Waals surface area contributed by atoms with Crippen molar-refractivity contribution in [1.29, 1.82) is 0 Å². The van der Waals surface area contributed by atoms with Gasteiger partial charge in [-0.05, 0) is 50.5 Å². The largest absolute Gasteiger partial charge is 0.461 e. The van der Waals surface area contributed by atoms with Gasteiger partial charge in [-0.3, -0.25) is 0 Å². The molecule has 3 heterocycles. The first kappa shape index (κ1) is 24.0. The smallest absolute Gasteiger partial charge is 0.358 e. The molecule has 178 valence electrons. The number of hydrogen-bond acceptors (Lipinski definition) is 11. The Kier molecular flexibility index (Phi) is 7.66. The van der Waals surface area contributed by atoms with Gasteiger partial charge in [-0.2, -0.15) is 0 Å². The van der Waals surface area contributed by atoms with Gasteiger partial charge in [0, 0.05) is 25.6 Å². The molecule has 0 aliphatic rings. The molecule has 4 rings (SSSR count). The lowest BCUT2D eigenvalue weighted by molar-refractivity contribution is 0.0519. The number of anilines is 4. The van der Waals surface area contributed by atoms with Gasteiger partial charge in [0.1, 0.15) is 0 Å². The van der Waals surface area contributed by atoms with Gasteiger partial charge in [0.05, 0.1) is 16.8 Å². The highest BCUT2D eigenvalue weighted by molar-refractivity contribution is 7.22. The molecule has 0 amide bonds. The van der Waals surface area contributed by atoms with E-state index in [4.69, 9.17) is 9.47 Å². The van der Waals surface area contributed by atoms with Crippen molar-refractivity contribution in [3.05, 3.63) is 46.5 Å². The first-order valence-corrected chi connectivity index (χ1v) is 12.5. The average Bonchev–Trinajstić information content (AvgIpc) is 3.44. The van der Waals surface area contributed by atoms with Gasteiger partial charge in [0.2, 0.25) is 0 Å². The van der Waals surface area contributed by atoms with E-state index in [-0.39, 0.29) is 0 Å². The third-order valence-corrected chi connectivity index (χ3v) is 7.17. The minimum Gasteiger partial charge on any atom is -0.461 e. The Balaban J connectivity index is 1.55. The first-order valence-electron chi connectivity index (χ1n) is 10.9. The first-order chi connectivity index (χ1) is 16.5. The summed E-state index contributed by atoms with van der Waals surface area (Å²) in [6, 6.07) is 9.91.